The number of alkyl halides is 3. The summed E-state index contributed by atoms with van der Waals surface area (Å²) in [5.41, 5.74) is 0.980. The summed E-state index contributed by atoms with van der Waals surface area (Å²) in [5, 5.41) is 0. The van der Waals surface area contributed by atoms with Crippen molar-refractivity contribution in [1.82, 2.24) is 4.90 Å². The second-order valence-corrected chi connectivity index (χ2v) is 5.78. The van der Waals surface area contributed by atoms with E-state index >= 15 is 0 Å². The molecular formula is C16H20F3NO3. The molecule has 2 unspecified atom stereocenters. The fourth-order valence-corrected chi connectivity index (χ4v) is 2.61. The minimum atomic E-state index is -4.35. The van der Waals surface area contributed by atoms with Crippen molar-refractivity contribution in [2.24, 2.45) is 0 Å². The zero-order chi connectivity index (χ0) is 17.0. The Morgan fingerprint density at radius 1 is 1.30 bits per heavy atom. The van der Waals surface area contributed by atoms with Gasteiger partial charge in [0, 0.05) is 18.7 Å². The maximum atomic E-state index is 12.5. The van der Waals surface area contributed by atoms with Crippen LogP contribution in [-0.4, -0.2) is 48.9 Å². The molecule has 1 aliphatic rings. The van der Waals surface area contributed by atoms with Crippen molar-refractivity contribution in [3.05, 3.63) is 35.4 Å². The standard InChI is InChI=1S/C16H20F3NO3/c1-11-7-20(8-12(2)23-11)15(21)14-5-3-4-13(6-14)9-22-10-16(17,18)19/h3-6,11-12H,7-10H2,1-2H3. The van der Waals surface area contributed by atoms with Gasteiger partial charge in [0.15, 0.2) is 0 Å². The second-order valence-electron chi connectivity index (χ2n) is 5.78. The molecule has 1 aromatic rings. The van der Waals surface area contributed by atoms with Gasteiger partial charge in [0.25, 0.3) is 5.91 Å². The van der Waals surface area contributed by atoms with Gasteiger partial charge in [0.1, 0.15) is 6.61 Å². The van der Waals surface area contributed by atoms with Crippen LogP contribution in [0, 0.1) is 0 Å². The first kappa shape index (κ1) is 17.7. The van der Waals surface area contributed by atoms with Crippen molar-refractivity contribution < 1.29 is 27.4 Å². The lowest BCUT2D eigenvalue weighted by molar-refractivity contribution is -0.176. The lowest BCUT2D eigenvalue weighted by atomic mass is 10.1. The summed E-state index contributed by atoms with van der Waals surface area (Å²) in [7, 11) is 0. The topological polar surface area (TPSA) is 38.8 Å². The lowest BCUT2D eigenvalue weighted by Gasteiger charge is -2.35. The molecule has 1 saturated heterocycles. The SMILES string of the molecule is CC1CN(C(=O)c2cccc(COCC(F)(F)F)c2)CC(C)O1. The Bertz CT molecular complexity index is 538. The minimum Gasteiger partial charge on any atom is -0.372 e. The first-order chi connectivity index (χ1) is 10.7. The van der Waals surface area contributed by atoms with Crippen LogP contribution in [0.15, 0.2) is 24.3 Å². The van der Waals surface area contributed by atoms with E-state index in [1.54, 1.807) is 29.2 Å². The molecule has 0 aromatic heterocycles. The molecule has 0 saturated carbocycles. The van der Waals surface area contributed by atoms with Crippen LogP contribution < -0.4 is 0 Å². The van der Waals surface area contributed by atoms with Crippen LogP contribution in [0.5, 0.6) is 0 Å². The summed E-state index contributed by atoms with van der Waals surface area (Å²) in [6.45, 7) is 3.31. The summed E-state index contributed by atoms with van der Waals surface area (Å²) in [6.07, 6.45) is -4.44. The summed E-state index contributed by atoms with van der Waals surface area (Å²) < 4.78 is 46.5. The van der Waals surface area contributed by atoms with Crippen molar-refractivity contribution in [2.75, 3.05) is 19.7 Å². The first-order valence-corrected chi connectivity index (χ1v) is 7.43. The van der Waals surface area contributed by atoms with E-state index in [1.807, 2.05) is 13.8 Å². The molecule has 1 aliphatic heterocycles. The van der Waals surface area contributed by atoms with Crippen LogP contribution in [0.4, 0.5) is 13.2 Å². The van der Waals surface area contributed by atoms with Gasteiger partial charge in [-0.3, -0.25) is 4.79 Å². The highest BCUT2D eigenvalue weighted by atomic mass is 19.4. The molecule has 1 aromatic carbocycles. The van der Waals surface area contributed by atoms with Gasteiger partial charge in [-0.2, -0.15) is 13.2 Å². The van der Waals surface area contributed by atoms with Gasteiger partial charge in [-0.15, -0.1) is 0 Å². The number of nitrogens with zero attached hydrogens (tertiary/aromatic N) is 1. The number of hydrogen-bond donors (Lipinski definition) is 0. The molecule has 0 spiro atoms. The Kier molecular flexibility index (Phi) is 5.64. The van der Waals surface area contributed by atoms with Gasteiger partial charge in [0.05, 0.1) is 18.8 Å². The number of hydrogen-bond acceptors (Lipinski definition) is 3. The van der Waals surface area contributed by atoms with Crippen LogP contribution in [0.1, 0.15) is 29.8 Å². The third-order valence-electron chi connectivity index (χ3n) is 3.42. The summed E-state index contributed by atoms with van der Waals surface area (Å²) in [5.74, 6) is -0.148. The number of benzene rings is 1. The normalized spacial score (nSPS) is 22.2. The van der Waals surface area contributed by atoms with Crippen molar-refractivity contribution in [3.63, 3.8) is 0 Å². The third-order valence-corrected chi connectivity index (χ3v) is 3.42. The maximum Gasteiger partial charge on any atom is 0.411 e. The fourth-order valence-electron chi connectivity index (χ4n) is 2.61. The van der Waals surface area contributed by atoms with Gasteiger partial charge >= 0.3 is 6.18 Å². The van der Waals surface area contributed by atoms with Crippen molar-refractivity contribution in [1.29, 1.82) is 0 Å². The van der Waals surface area contributed by atoms with E-state index in [0.29, 0.717) is 24.2 Å². The van der Waals surface area contributed by atoms with Crippen LogP contribution in [0.3, 0.4) is 0 Å². The van der Waals surface area contributed by atoms with Crippen LogP contribution >= 0.6 is 0 Å². The van der Waals surface area contributed by atoms with Crippen LogP contribution in [-0.2, 0) is 16.1 Å². The van der Waals surface area contributed by atoms with Crippen molar-refractivity contribution in [3.8, 4) is 0 Å². The van der Waals surface area contributed by atoms with E-state index in [0.717, 1.165) is 0 Å². The Hall–Kier alpha value is -1.60. The number of rotatable bonds is 4. The summed E-state index contributed by atoms with van der Waals surface area (Å²) in [4.78, 5) is 14.2. The average molecular weight is 331 g/mol. The number of amides is 1. The molecule has 0 bridgehead atoms. The number of halogens is 3. The van der Waals surface area contributed by atoms with E-state index in [-0.39, 0.29) is 24.7 Å². The molecule has 1 amide bonds. The third kappa shape index (κ3) is 5.51. The monoisotopic (exact) mass is 331 g/mol. The zero-order valence-electron chi connectivity index (χ0n) is 13.1. The molecule has 4 nitrogen and oxygen atoms in total. The van der Waals surface area contributed by atoms with Gasteiger partial charge in [-0.05, 0) is 31.5 Å². The second kappa shape index (κ2) is 7.31. The number of ether oxygens (including phenoxy) is 2. The smallest absolute Gasteiger partial charge is 0.372 e. The average Bonchev–Trinajstić information content (AvgIpc) is 2.44. The predicted molar refractivity (Wildman–Crippen MR) is 78.1 cm³/mol. The molecule has 128 valence electrons. The maximum absolute atomic E-state index is 12.5. The molecule has 2 atom stereocenters. The zero-order valence-corrected chi connectivity index (χ0v) is 13.1. The van der Waals surface area contributed by atoms with Crippen molar-refractivity contribution in [2.45, 2.75) is 38.8 Å². The number of carbonyl (C=O) groups is 1. The van der Waals surface area contributed by atoms with E-state index in [2.05, 4.69) is 4.74 Å². The molecule has 1 heterocycles. The van der Waals surface area contributed by atoms with E-state index < -0.39 is 12.8 Å². The minimum absolute atomic E-state index is 0.0407. The van der Waals surface area contributed by atoms with Gasteiger partial charge < -0.3 is 14.4 Å². The molecule has 1 fully saturated rings. The summed E-state index contributed by atoms with van der Waals surface area (Å²) in [6, 6.07) is 6.51. The van der Waals surface area contributed by atoms with E-state index in [4.69, 9.17) is 4.74 Å². The van der Waals surface area contributed by atoms with E-state index in [1.165, 1.54) is 0 Å². The van der Waals surface area contributed by atoms with Crippen LogP contribution in [0.25, 0.3) is 0 Å². The molecular weight excluding hydrogens is 311 g/mol. The highest BCUT2D eigenvalue weighted by Gasteiger charge is 2.28. The van der Waals surface area contributed by atoms with Crippen molar-refractivity contribution >= 4 is 5.91 Å². The van der Waals surface area contributed by atoms with E-state index in [9.17, 15) is 18.0 Å². The Morgan fingerprint density at radius 2 is 1.96 bits per heavy atom. The van der Waals surface area contributed by atoms with Crippen LogP contribution in [0.2, 0.25) is 0 Å². The quantitative estimate of drug-likeness (QED) is 0.851. The lowest BCUT2D eigenvalue weighted by Crippen LogP contribution is -2.48. The summed E-state index contributed by atoms with van der Waals surface area (Å²) >= 11 is 0. The molecule has 2 rings (SSSR count). The fraction of sp³-hybridized carbons (Fsp3) is 0.562. The molecule has 0 aliphatic carbocycles. The van der Waals surface area contributed by atoms with Gasteiger partial charge in [-0.25, -0.2) is 0 Å². The largest absolute Gasteiger partial charge is 0.411 e. The Balaban J connectivity index is 1.99. The highest BCUT2D eigenvalue weighted by molar-refractivity contribution is 5.94. The number of carbonyl (C=O) groups excluding carboxylic acids is 1. The highest BCUT2D eigenvalue weighted by Crippen LogP contribution is 2.18. The Morgan fingerprint density at radius 3 is 2.57 bits per heavy atom. The Labute approximate surface area is 133 Å². The van der Waals surface area contributed by atoms with Gasteiger partial charge in [0.2, 0.25) is 0 Å². The first-order valence-electron chi connectivity index (χ1n) is 7.43. The molecule has 7 heteroatoms. The molecule has 0 N–H and O–H groups in total. The molecule has 0 radical (unpaired) electrons. The predicted octanol–water partition coefficient (Wildman–Crippen LogP) is 3.01. The molecule has 23 heavy (non-hydrogen) atoms. The van der Waals surface area contributed by atoms with Gasteiger partial charge in [-0.1, -0.05) is 12.1 Å². The number of morpholine rings is 1.